The van der Waals surface area contributed by atoms with Gasteiger partial charge >= 0.3 is 0 Å². The van der Waals surface area contributed by atoms with Gasteiger partial charge in [0.05, 0.1) is 5.92 Å². The van der Waals surface area contributed by atoms with Crippen molar-refractivity contribution in [3.05, 3.63) is 53.3 Å². The summed E-state index contributed by atoms with van der Waals surface area (Å²) in [5, 5.41) is 11.9. The highest BCUT2D eigenvalue weighted by Gasteiger charge is 2.17. The maximum atomic E-state index is 12.3. The minimum Gasteiger partial charge on any atom is -0.355 e. The van der Waals surface area contributed by atoms with E-state index in [-0.39, 0.29) is 11.8 Å². The number of hydrogen-bond acceptors (Lipinski definition) is 3. The third kappa shape index (κ3) is 2.51. The first-order valence-corrected chi connectivity index (χ1v) is 7.87. The molecule has 2 heterocycles. The van der Waals surface area contributed by atoms with Gasteiger partial charge in [-0.2, -0.15) is 10.1 Å². The molecule has 1 amide bonds. The zero-order chi connectivity index (χ0) is 16.7. The van der Waals surface area contributed by atoms with Crippen molar-refractivity contribution in [2.24, 2.45) is 0 Å². The molecular weight excluding hydrogens is 326 g/mol. The summed E-state index contributed by atoms with van der Waals surface area (Å²) in [7, 11) is 0. The van der Waals surface area contributed by atoms with Crippen LogP contribution < -0.4 is 5.32 Å². The van der Waals surface area contributed by atoms with Crippen LogP contribution in [0.15, 0.2) is 42.7 Å². The molecule has 0 saturated carbocycles. The van der Waals surface area contributed by atoms with Crippen molar-refractivity contribution in [1.29, 1.82) is 0 Å². The summed E-state index contributed by atoms with van der Waals surface area (Å²) >= 11 is 6.09. The van der Waals surface area contributed by atoms with Crippen molar-refractivity contribution in [2.75, 3.05) is 5.32 Å². The molecule has 24 heavy (non-hydrogen) atoms. The van der Waals surface area contributed by atoms with Gasteiger partial charge in [0.15, 0.2) is 0 Å². The predicted octanol–water partition coefficient (Wildman–Crippen LogP) is 3.83. The summed E-state index contributed by atoms with van der Waals surface area (Å²) in [6.45, 7) is 1.85. The molecule has 1 atom stereocenters. The van der Waals surface area contributed by atoms with Gasteiger partial charge in [0.2, 0.25) is 11.9 Å². The Balaban J connectivity index is 1.69. The molecule has 0 radical (unpaired) electrons. The van der Waals surface area contributed by atoms with E-state index in [0.29, 0.717) is 11.0 Å². The van der Waals surface area contributed by atoms with Crippen molar-refractivity contribution < 1.29 is 4.79 Å². The number of halogens is 1. The highest BCUT2D eigenvalue weighted by Crippen LogP contribution is 2.30. The zero-order valence-corrected chi connectivity index (χ0v) is 13.6. The molecule has 0 fully saturated rings. The number of rotatable bonds is 3. The number of benzene rings is 2. The number of amides is 1. The lowest BCUT2D eigenvalue weighted by molar-refractivity contribution is -0.117. The number of carbonyl (C=O) groups is 1. The molecule has 0 saturated heterocycles. The Kier molecular flexibility index (Phi) is 3.46. The number of anilines is 1. The first-order chi connectivity index (χ1) is 11.6. The minimum absolute atomic E-state index is 0.148. The van der Waals surface area contributed by atoms with Crippen LogP contribution in [0.3, 0.4) is 0 Å². The average molecular weight is 340 g/mol. The molecule has 7 heteroatoms. The van der Waals surface area contributed by atoms with Crippen molar-refractivity contribution in [1.82, 2.24) is 20.2 Å². The molecule has 0 spiro atoms. The van der Waals surface area contributed by atoms with Gasteiger partial charge in [-0.25, -0.2) is 5.10 Å². The molecule has 4 rings (SSSR count). The fourth-order valence-corrected chi connectivity index (χ4v) is 2.98. The van der Waals surface area contributed by atoms with Gasteiger partial charge in [0.1, 0.15) is 6.33 Å². The van der Waals surface area contributed by atoms with Crippen molar-refractivity contribution in [3.63, 3.8) is 0 Å². The smallest absolute Gasteiger partial charge is 0.233 e. The molecule has 0 aliphatic carbocycles. The number of fused-ring (bicyclic) bond motifs is 3. The zero-order valence-electron chi connectivity index (χ0n) is 12.8. The van der Waals surface area contributed by atoms with Crippen LogP contribution in [0.2, 0.25) is 5.02 Å². The number of aromatic amines is 2. The van der Waals surface area contributed by atoms with Crippen molar-refractivity contribution >= 4 is 45.3 Å². The summed E-state index contributed by atoms with van der Waals surface area (Å²) in [5.74, 6) is -0.132. The fraction of sp³-hybridized carbons (Fsp3) is 0.118. The molecule has 1 unspecified atom stereocenters. The second-order valence-electron chi connectivity index (χ2n) is 5.66. The maximum absolute atomic E-state index is 12.3. The highest BCUT2D eigenvalue weighted by atomic mass is 35.5. The van der Waals surface area contributed by atoms with E-state index in [1.807, 2.05) is 43.3 Å². The number of H-pyrrole nitrogens is 2. The summed E-state index contributed by atoms with van der Waals surface area (Å²) < 4.78 is 0. The van der Waals surface area contributed by atoms with Crippen LogP contribution >= 0.6 is 11.6 Å². The first kappa shape index (κ1) is 14.7. The summed E-state index contributed by atoms with van der Waals surface area (Å²) in [6, 6.07) is 11.7. The van der Waals surface area contributed by atoms with E-state index in [2.05, 4.69) is 25.5 Å². The van der Waals surface area contributed by atoms with E-state index in [1.54, 1.807) is 0 Å². The quantitative estimate of drug-likeness (QED) is 0.530. The van der Waals surface area contributed by atoms with Crippen LogP contribution in [-0.4, -0.2) is 26.1 Å². The van der Waals surface area contributed by atoms with Crippen LogP contribution in [-0.2, 0) is 4.79 Å². The largest absolute Gasteiger partial charge is 0.355 e. The first-order valence-electron chi connectivity index (χ1n) is 7.49. The van der Waals surface area contributed by atoms with Gasteiger partial charge in [-0.3, -0.25) is 10.1 Å². The number of carbonyl (C=O) groups excluding carboxylic acids is 1. The van der Waals surface area contributed by atoms with E-state index in [0.717, 1.165) is 27.4 Å². The topological polar surface area (TPSA) is 86.5 Å². The molecule has 0 bridgehead atoms. The molecular formula is C17H14ClN5O. The lowest BCUT2D eigenvalue weighted by Gasteiger charge is -2.11. The van der Waals surface area contributed by atoms with Gasteiger partial charge in [0, 0.05) is 26.8 Å². The molecule has 2 aromatic heterocycles. The minimum atomic E-state index is -0.325. The molecule has 4 aromatic rings. The van der Waals surface area contributed by atoms with Gasteiger partial charge in [-0.05, 0) is 36.8 Å². The molecule has 6 nitrogen and oxygen atoms in total. The molecule has 3 N–H and O–H groups in total. The normalized spacial score (nSPS) is 12.6. The SMILES string of the molecule is CC(C(=O)Nc1ncn[nH]1)c1ccc2c(c1)[nH]c1ccc(Cl)cc12. The monoisotopic (exact) mass is 339 g/mol. The molecule has 0 aliphatic heterocycles. The standard InChI is InChI=1S/C17H14ClN5O/c1-9(16(24)22-17-19-8-20-23-17)10-2-4-12-13-7-11(18)3-5-14(13)21-15(12)6-10/h2-9,21H,1H3,(H2,19,20,22,23,24). The number of hydrogen-bond donors (Lipinski definition) is 3. The maximum Gasteiger partial charge on any atom is 0.233 e. The third-order valence-corrected chi connectivity index (χ3v) is 4.37. The summed E-state index contributed by atoms with van der Waals surface area (Å²) in [6.07, 6.45) is 1.35. The van der Waals surface area contributed by atoms with Crippen LogP contribution in [0, 0.1) is 0 Å². The Morgan fingerprint density at radius 3 is 2.83 bits per heavy atom. The molecule has 120 valence electrons. The van der Waals surface area contributed by atoms with Gasteiger partial charge in [-0.15, -0.1) is 0 Å². The second kappa shape index (κ2) is 5.65. The number of aromatic nitrogens is 4. The number of nitrogens with one attached hydrogen (secondary N) is 3. The summed E-state index contributed by atoms with van der Waals surface area (Å²) in [4.78, 5) is 19.6. The van der Waals surface area contributed by atoms with Gasteiger partial charge < -0.3 is 4.98 Å². The van der Waals surface area contributed by atoms with Crippen LogP contribution in [0.1, 0.15) is 18.4 Å². The van der Waals surface area contributed by atoms with E-state index < -0.39 is 0 Å². The van der Waals surface area contributed by atoms with E-state index in [4.69, 9.17) is 11.6 Å². The van der Waals surface area contributed by atoms with Crippen LogP contribution in [0.4, 0.5) is 5.95 Å². The lowest BCUT2D eigenvalue weighted by Crippen LogP contribution is -2.19. The van der Waals surface area contributed by atoms with Crippen molar-refractivity contribution in [2.45, 2.75) is 12.8 Å². The van der Waals surface area contributed by atoms with Gasteiger partial charge in [0.25, 0.3) is 0 Å². The highest BCUT2D eigenvalue weighted by molar-refractivity contribution is 6.31. The Hall–Kier alpha value is -2.86. The number of nitrogens with zero attached hydrogens (tertiary/aromatic N) is 2. The predicted molar refractivity (Wildman–Crippen MR) is 94.2 cm³/mol. The molecule has 0 aliphatic rings. The Bertz CT molecular complexity index is 1040. The van der Waals surface area contributed by atoms with Crippen LogP contribution in [0.25, 0.3) is 21.8 Å². The Labute approximate surface area is 142 Å². The molecule has 2 aromatic carbocycles. The fourth-order valence-electron chi connectivity index (χ4n) is 2.80. The van der Waals surface area contributed by atoms with Crippen LogP contribution in [0.5, 0.6) is 0 Å². The van der Waals surface area contributed by atoms with Crippen molar-refractivity contribution in [3.8, 4) is 0 Å². The van der Waals surface area contributed by atoms with E-state index in [1.165, 1.54) is 6.33 Å². The average Bonchev–Trinajstić information content (AvgIpc) is 3.20. The second-order valence-corrected chi connectivity index (χ2v) is 6.10. The Morgan fingerprint density at radius 1 is 1.17 bits per heavy atom. The van der Waals surface area contributed by atoms with E-state index >= 15 is 0 Å². The summed E-state index contributed by atoms with van der Waals surface area (Å²) in [5.41, 5.74) is 2.91. The third-order valence-electron chi connectivity index (χ3n) is 4.13. The lowest BCUT2D eigenvalue weighted by atomic mass is 9.99. The Morgan fingerprint density at radius 2 is 2.04 bits per heavy atom. The van der Waals surface area contributed by atoms with E-state index in [9.17, 15) is 4.79 Å². The van der Waals surface area contributed by atoms with Gasteiger partial charge in [-0.1, -0.05) is 23.7 Å².